The van der Waals surface area contributed by atoms with Gasteiger partial charge in [-0.25, -0.2) is 0 Å². The van der Waals surface area contributed by atoms with Gasteiger partial charge in [-0.05, 0) is 25.0 Å². The Morgan fingerprint density at radius 1 is 1.43 bits per heavy atom. The number of nitro benzene ring substituents is 1. The number of likely N-dealkylation sites (tertiary alicyclic amines) is 1. The zero-order valence-corrected chi connectivity index (χ0v) is 11.3. The minimum atomic E-state index is -0.515. The molecule has 1 atom stereocenters. The smallest absolute Gasteiger partial charge is 0.293 e. The van der Waals surface area contributed by atoms with Crippen molar-refractivity contribution in [1.29, 1.82) is 5.26 Å². The van der Waals surface area contributed by atoms with Crippen molar-refractivity contribution in [3.05, 3.63) is 33.9 Å². The van der Waals surface area contributed by atoms with E-state index in [1.165, 1.54) is 18.2 Å². The summed E-state index contributed by atoms with van der Waals surface area (Å²) in [6, 6.07) is 6.44. The largest absolute Gasteiger partial charge is 0.374 e. The topological polar surface area (TPSA) is 99.3 Å². The number of nitriles is 1. The Bertz CT molecular complexity index is 648. The van der Waals surface area contributed by atoms with Crippen LogP contribution in [0, 0.1) is 21.4 Å². The third-order valence-corrected chi connectivity index (χ3v) is 3.83. The molecule has 7 heteroatoms. The highest BCUT2D eigenvalue weighted by Gasteiger charge is 2.39. The van der Waals surface area contributed by atoms with Crippen LogP contribution >= 0.6 is 0 Å². The van der Waals surface area contributed by atoms with Gasteiger partial charge in [-0.2, -0.15) is 5.26 Å². The van der Waals surface area contributed by atoms with Crippen LogP contribution in [0.15, 0.2) is 18.2 Å². The maximum Gasteiger partial charge on any atom is 0.293 e. The molecule has 0 bridgehead atoms. The lowest BCUT2D eigenvalue weighted by atomic mass is 10.1. The van der Waals surface area contributed by atoms with Gasteiger partial charge in [-0.1, -0.05) is 0 Å². The normalized spacial score (nSPS) is 21.2. The Kier molecular flexibility index (Phi) is 3.22. The Balaban J connectivity index is 1.77. The first kappa shape index (κ1) is 13.4. The van der Waals surface area contributed by atoms with E-state index in [9.17, 15) is 14.9 Å². The van der Waals surface area contributed by atoms with Crippen molar-refractivity contribution in [2.24, 2.45) is 0 Å². The number of carbonyl (C=O) groups excluding carboxylic acids is 1. The molecule has 0 radical (unpaired) electrons. The average molecular weight is 286 g/mol. The predicted octanol–water partition coefficient (Wildman–Crippen LogP) is 1.64. The maximum atomic E-state index is 11.9. The van der Waals surface area contributed by atoms with E-state index in [2.05, 4.69) is 5.32 Å². The van der Waals surface area contributed by atoms with Crippen LogP contribution in [0.5, 0.6) is 0 Å². The number of nitrogens with one attached hydrogen (secondary N) is 1. The summed E-state index contributed by atoms with van der Waals surface area (Å²) in [5.41, 5.74) is 0.468. The maximum absolute atomic E-state index is 11.9. The van der Waals surface area contributed by atoms with Gasteiger partial charge in [0.05, 0.1) is 22.6 Å². The molecular weight excluding hydrogens is 272 g/mol. The van der Waals surface area contributed by atoms with Crippen molar-refractivity contribution in [3.63, 3.8) is 0 Å². The van der Waals surface area contributed by atoms with Crippen LogP contribution < -0.4 is 5.32 Å². The lowest BCUT2D eigenvalue weighted by molar-refractivity contribution is -0.384. The number of rotatable bonds is 4. The van der Waals surface area contributed by atoms with E-state index in [-0.39, 0.29) is 23.2 Å². The molecule has 7 nitrogen and oxygen atoms in total. The summed E-state index contributed by atoms with van der Waals surface area (Å²) in [7, 11) is 0. The number of amides is 1. The fourth-order valence-electron chi connectivity index (χ4n) is 2.66. The molecule has 1 amide bonds. The number of benzene rings is 1. The van der Waals surface area contributed by atoms with Crippen LogP contribution in [-0.2, 0) is 4.79 Å². The summed E-state index contributed by atoms with van der Waals surface area (Å²) >= 11 is 0. The third-order valence-electron chi connectivity index (χ3n) is 3.83. The molecule has 1 N–H and O–H groups in total. The first-order valence-electron chi connectivity index (χ1n) is 6.83. The van der Waals surface area contributed by atoms with Crippen LogP contribution in [0.2, 0.25) is 0 Å². The molecule has 1 aliphatic heterocycles. The molecule has 1 aromatic carbocycles. The third kappa shape index (κ3) is 2.65. The van der Waals surface area contributed by atoms with Crippen LogP contribution in [0.4, 0.5) is 11.4 Å². The van der Waals surface area contributed by atoms with Crippen LogP contribution in [0.3, 0.4) is 0 Å². The first-order valence-corrected chi connectivity index (χ1v) is 6.83. The Morgan fingerprint density at radius 2 is 2.19 bits per heavy atom. The highest BCUT2D eigenvalue weighted by molar-refractivity contribution is 5.81. The minimum Gasteiger partial charge on any atom is -0.374 e. The van der Waals surface area contributed by atoms with Gasteiger partial charge in [0, 0.05) is 25.1 Å². The SMILES string of the molecule is N#Cc1ccc(NC2CC(=O)N(C3CC3)C2)c([N+](=O)[O-])c1. The van der Waals surface area contributed by atoms with Gasteiger partial charge >= 0.3 is 0 Å². The van der Waals surface area contributed by atoms with Crippen LogP contribution in [0.1, 0.15) is 24.8 Å². The second-order valence-corrected chi connectivity index (χ2v) is 5.42. The minimum absolute atomic E-state index is 0.103. The molecule has 0 spiro atoms. The summed E-state index contributed by atoms with van der Waals surface area (Å²) in [6.07, 6.45) is 2.46. The Hall–Kier alpha value is -2.62. The zero-order valence-electron chi connectivity index (χ0n) is 11.3. The van der Waals surface area contributed by atoms with Crippen molar-refractivity contribution < 1.29 is 9.72 Å². The number of nitro groups is 1. The molecule has 1 aliphatic carbocycles. The lowest BCUT2D eigenvalue weighted by Crippen LogP contribution is -2.29. The van der Waals surface area contributed by atoms with E-state index in [0.717, 1.165) is 12.8 Å². The first-order chi connectivity index (χ1) is 10.1. The number of hydrogen-bond acceptors (Lipinski definition) is 5. The number of carbonyl (C=O) groups is 1. The number of anilines is 1. The molecule has 1 unspecified atom stereocenters. The van der Waals surface area contributed by atoms with Crippen LogP contribution in [-0.4, -0.2) is 34.4 Å². The van der Waals surface area contributed by atoms with Gasteiger partial charge in [0.15, 0.2) is 0 Å². The van der Waals surface area contributed by atoms with E-state index < -0.39 is 4.92 Å². The van der Waals surface area contributed by atoms with E-state index >= 15 is 0 Å². The molecule has 1 saturated carbocycles. The summed E-state index contributed by atoms with van der Waals surface area (Å²) in [4.78, 5) is 24.3. The molecule has 0 aromatic heterocycles. The molecule has 1 aromatic rings. The van der Waals surface area contributed by atoms with Gasteiger partial charge < -0.3 is 10.2 Å². The fourth-order valence-corrected chi connectivity index (χ4v) is 2.66. The van der Waals surface area contributed by atoms with Gasteiger partial charge in [-0.15, -0.1) is 0 Å². The predicted molar refractivity (Wildman–Crippen MR) is 74.6 cm³/mol. The lowest BCUT2D eigenvalue weighted by Gasteiger charge is -2.16. The second kappa shape index (κ2) is 5.05. The second-order valence-electron chi connectivity index (χ2n) is 5.42. The molecule has 108 valence electrons. The molecule has 2 aliphatic rings. The fraction of sp³-hybridized carbons (Fsp3) is 0.429. The molecule has 3 rings (SSSR count). The summed E-state index contributed by atoms with van der Waals surface area (Å²) in [5, 5.41) is 23.0. The number of nitrogens with zero attached hydrogens (tertiary/aromatic N) is 3. The Labute approximate surface area is 121 Å². The van der Waals surface area contributed by atoms with Gasteiger partial charge in [0.1, 0.15) is 5.69 Å². The molecule has 1 heterocycles. The summed E-state index contributed by atoms with van der Waals surface area (Å²) in [5.74, 6) is 0.103. The highest BCUT2D eigenvalue weighted by atomic mass is 16.6. The van der Waals surface area contributed by atoms with Crippen LogP contribution in [0.25, 0.3) is 0 Å². The molecule has 2 fully saturated rings. The van der Waals surface area contributed by atoms with Crippen molar-refractivity contribution in [3.8, 4) is 6.07 Å². The van der Waals surface area contributed by atoms with Gasteiger partial charge in [0.2, 0.25) is 5.91 Å². The van der Waals surface area contributed by atoms with E-state index in [4.69, 9.17) is 5.26 Å². The van der Waals surface area contributed by atoms with E-state index in [1.54, 1.807) is 0 Å². The van der Waals surface area contributed by atoms with Crippen molar-refractivity contribution >= 4 is 17.3 Å². The van der Waals surface area contributed by atoms with Crippen molar-refractivity contribution in [2.75, 3.05) is 11.9 Å². The summed E-state index contributed by atoms with van der Waals surface area (Å²) in [6.45, 7) is 0.584. The Morgan fingerprint density at radius 3 is 2.81 bits per heavy atom. The quantitative estimate of drug-likeness (QED) is 0.670. The zero-order chi connectivity index (χ0) is 15.0. The standard InChI is InChI=1S/C14H14N4O3/c15-7-9-1-4-12(13(5-9)18(20)21)16-10-6-14(19)17(8-10)11-2-3-11/h1,4-5,10-11,16H,2-3,6,8H2. The number of hydrogen-bond donors (Lipinski definition) is 1. The van der Waals surface area contributed by atoms with E-state index in [0.29, 0.717) is 24.7 Å². The summed E-state index contributed by atoms with van der Waals surface area (Å²) < 4.78 is 0. The van der Waals surface area contributed by atoms with Gasteiger partial charge in [0.25, 0.3) is 5.69 Å². The highest BCUT2D eigenvalue weighted by Crippen LogP contribution is 2.33. The van der Waals surface area contributed by atoms with Gasteiger partial charge in [-0.3, -0.25) is 14.9 Å². The molecule has 1 saturated heterocycles. The van der Waals surface area contributed by atoms with E-state index in [1.807, 2.05) is 11.0 Å². The average Bonchev–Trinajstić information content (AvgIpc) is 3.23. The molecule has 21 heavy (non-hydrogen) atoms. The van der Waals surface area contributed by atoms with Crippen molar-refractivity contribution in [2.45, 2.75) is 31.3 Å². The molecular formula is C14H14N4O3. The van der Waals surface area contributed by atoms with Crippen molar-refractivity contribution in [1.82, 2.24) is 4.90 Å². The monoisotopic (exact) mass is 286 g/mol.